The molecule has 0 bridgehead atoms. The molecule has 1 atom stereocenters. The topological polar surface area (TPSA) is 26.0 Å². The van der Waals surface area contributed by atoms with E-state index in [0.29, 0.717) is 6.54 Å². The lowest BCUT2D eigenvalue weighted by Crippen LogP contribution is -2.04. The highest BCUT2D eigenvalue weighted by atomic mass is 32.1. The molecule has 2 rings (SSSR count). The Labute approximate surface area is 112 Å². The van der Waals surface area contributed by atoms with Crippen LogP contribution < -0.4 is 5.73 Å². The third-order valence-electron chi connectivity index (χ3n) is 2.90. The second-order valence-corrected chi connectivity index (χ2v) is 4.81. The Bertz CT molecular complexity index is 513. The van der Waals surface area contributed by atoms with Gasteiger partial charge in [-0.05, 0) is 41.8 Å². The van der Waals surface area contributed by atoms with Gasteiger partial charge in [-0.3, -0.25) is 0 Å². The third-order valence-corrected chi connectivity index (χ3v) is 3.44. The predicted molar refractivity (Wildman–Crippen MR) is 77.2 cm³/mol. The molecule has 0 fully saturated rings. The summed E-state index contributed by atoms with van der Waals surface area (Å²) in [5.74, 6) is -0.231. The van der Waals surface area contributed by atoms with E-state index in [2.05, 4.69) is 12.6 Å². The molecule has 0 aromatic heterocycles. The van der Waals surface area contributed by atoms with Crippen LogP contribution in [0.2, 0.25) is 0 Å². The molecule has 0 saturated carbocycles. The fraction of sp³-hybridized carbons (Fsp3) is 0.200. The van der Waals surface area contributed by atoms with E-state index < -0.39 is 0 Å². The highest BCUT2D eigenvalue weighted by Gasteiger charge is 2.13. The Morgan fingerprint density at radius 2 is 1.83 bits per heavy atom. The standard InChI is InChI=1S/C15H16FNS/c16-12-6-7-13(15(18)8-9-17)14(10-12)11-4-2-1-3-5-11/h1-7,10,15,18H,8-9,17H2. The lowest BCUT2D eigenvalue weighted by molar-refractivity contribution is 0.627. The van der Waals surface area contributed by atoms with Crippen molar-refractivity contribution in [2.45, 2.75) is 11.7 Å². The summed E-state index contributed by atoms with van der Waals surface area (Å²) >= 11 is 4.55. The molecule has 0 aliphatic rings. The van der Waals surface area contributed by atoms with E-state index in [1.54, 1.807) is 12.1 Å². The highest BCUT2D eigenvalue weighted by molar-refractivity contribution is 7.80. The summed E-state index contributed by atoms with van der Waals surface area (Å²) in [5.41, 5.74) is 8.48. The van der Waals surface area contributed by atoms with Crippen LogP contribution in [0.15, 0.2) is 48.5 Å². The second kappa shape index (κ2) is 6.03. The van der Waals surface area contributed by atoms with Crippen molar-refractivity contribution in [1.82, 2.24) is 0 Å². The zero-order valence-electron chi connectivity index (χ0n) is 10.0. The minimum atomic E-state index is -0.231. The molecule has 0 aliphatic heterocycles. The first-order valence-electron chi connectivity index (χ1n) is 5.95. The monoisotopic (exact) mass is 261 g/mol. The molecule has 3 heteroatoms. The van der Waals surface area contributed by atoms with Gasteiger partial charge in [-0.15, -0.1) is 0 Å². The van der Waals surface area contributed by atoms with Gasteiger partial charge in [-0.1, -0.05) is 36.4 Å². The summed E-state index contributed by atoms with van der Waals surface area (Å²) in [6, 6.07) is 14.6. The van der Waals surface area contributed by atoms with Crippen LogP contribution in [0.3, 0.4) is 0 Å². The van der Waals surface area contributed by atoms with Gasteiger partial charge in [0.2, 0.25) is 0 Å². The number of hydrogen-bond donors (Lipinski definition) is 2. The van der Waals surface area contributed by atoms with E-state index in [1.165, 1.54) is 6.07 Å². The Morgan fingerprint density at radius 1 is 1.11 bits per heavy atom. The van der Waals surface area contributed by atoms with Crippen LogP contribution in [0, 0.1) is 5.82 Å². The zero-order chi connectivity index (χ0) is 13.0. The van der Waals surface area contributed by atoms with Crippen molar-refractivity contribution in [2.75, 3.05) is 6.54 Å². The van der Waals surface area contributed by atoms with E-state index in [0.717, 1.165) is 23.1 Å². The van der Waals surface area contributed by atoms with E-state index in [4.69, 9.17) is 5.73 Å². The van der Waals surface area contributed by atoms with Gasteiger partial charge < -0.3 is 5.73 Å². The van der Waals surface area contributed by atoms with Crippen molar-refractivity contribution in [3.05, 3.63) is 59.9 Å². The summed E-state index contributed by atoms with van der Waals surface area (Å²) in [7, 11) is 0. The molecule has 1 unspecified atom stereocenters. The molecule has 2 N–H and O–H groups in total. The Hall–Kier alpha value is -1.32. The van der Waals surface area contributed by atoms with Crippen LogP contribution in [0.1, 0.15) is 17.2 Å². The quantitative estimate of drug-likeness (QED) is 0.804. The molecule has 94 valence electrons. The minimum absolute atomic E-state index is 0.0332. The van der Waals surface area contributed by atoms with Crippen molar-refractivity contribution in [3.8, 4) is 11.1 Å². The van der Waals surface area contributed by atoms with E-state index in [-0.39, 0.29) is 11.1 Å². The van der Waals surface area contributed by atoms with Gasteiger partial charge >= 0.3 is 0 Å². The van der Waals surface area contributed by atoms with Gasteiger partial charge in [0.15, 0.2) is 0 Å². The van der Waals surface area contributed by atoms with Gasteiger partial charge in [-0.2, -0.15) is 12.6 Å². The summed E-state index contributed by atoms with van der Waals surface area (Å²) < 4.78 is 13.4. The second-order valence-electron chi connectivity index (χ2n) is 4.19. The average Bonchev–Trinajstić information content (AvgIpc) is 2.40. The Balaban J connectivity index is 2.48. The number of halogens is 1. The number of hydrogen-bond acceptors (Lipinski definition) is 2. The molecule has 0 aliphatic carbocycles. The Kier molecular flexibility index (Phi) is 4.39. The molecular formula is C15H16FNS. The van der Waals surface area contributed by atoms with Gasteiger partial charge in [0, 0.05) is 5.25 Å². The summed E-state index contributed by atoms with van der Waals surface area (Å²) in [6.45, 7) is 0.569. The van der Waals surface area contributed by atoms with Crippen LogP contribution >= 0.6 is 12.6 Å². The number of nitrogens with two attached hydrogens (primary N) is 1. The first-order chi connectivity index (χ1) is 8.72. The summed E-state index contributed by atoms with van der Waals surface area (Å²) in [5, 5.41) is 0.0332. The Morgan fingerprint density at radius 3 is 2.50 bits per heavy atom. The molecule has 0 heterocycles. The maximum Gasteiger partial charge on any atom is 0.123 e. The molecule has 18 heavy (non-hydrogen) atoms. The van der Waals surface area contributed by atoms with Gasteiger partial charge in [0.1, 0.15) is 5.82 Å². The van der Waals surface area contributed by atoms with E-state index in [9.17, 15) is 4.39 Å². The zero-order valence-corrected chi connectivity index (χ0v) is 10.9. The third kappa shape index (κ3) is 2.92. The van der Waals surface area contributed by atoms with Crippen LogP contribution in [0.4, 0.5) is 4.39 Å². The fourth-order valence-corrected chi connectivity index (χ4v) is 2.37. The first-order valence-corrected chi connectivity index (χ1v) is 6.47. The summed E-state index contributed by atoms with van der Waals surface area (Å²) in [6.07, 6.45) is 0.772. The number of thiol groups is 1. The summed E-state index contributed by atoms with van der Waals surface area (Å²) in [4.78, 5) is 0. The maximum atomic E-state index is 13.4. The van der Waals surface area contributed by atoms with Gasteiger partial charge in [0.05, 0.1) is 0 Å². The van der Waals surface area contributed by atoms with Crippen LogP contribution in [-0.2, 0) is 0 Å². The largest absolute Gasteiger partial charge is 0.330 e. The molecule has 0 radical (unpaired) electrons. The van der Waals surface area contributed by atoms with Gasteiger partial charge in [-0.25, -0.2) is 4.39 Å². The van der Waals surface area contributed by atoms with E-state index in [1.807, 2.05) is 30.3 Å². The molecule has 0 spiro atoms. The lowest BCUT2D eigenvalue weighted by atomic mass is 9.96. The van der Waals surface area contributed by atoms with Crippen molar-refractivity contribution in [2.24, 2.45) is 5.73 Å². The SMILES string of the molecule is NCCC(S)c1ccc(F)cc1-c1ccccc1. The van der Waals surface area contributed by atoms with Crippen molar-refractivity contribution >= 4 is 12.6 Å². The molecule has 2 aromatic carbocycles. The van der Waals surface area contributed by atoms with Crippen molar-refractivity contribution < 1.29 is 4.39 Å². The highest BCUT2D eigenvalue weighted by Crippen LogP contribution is 2.33. The maximum absolute atomic E-state index is 13.4. The normalized spacial score (nSPS) is 12.4. The molecule has 0 amide bonds. The number of benzene rings is 2. The van der Waals surface area contributed by atoms with Crippen LogP contribution in [0.5, 0.6) is 0 Å². The molecule has 2 aromatic rings. The molecular weight excluding hydrogens is 245 g/mol. The van der Waals surface area contributed by atoms with Crippen LogP contribution in [0.25, 0.3) is 11.1 Å². The molecule has 1 nitrogen and oxygen atoms in total. The minimum Gasteiger partial charge on any atom is -0.330 e. The van der Waals surface area contributed by atoms with Crippen molar-refractivity contribution in [1.29, 1.82) is 0 Å². The average molecular weight is 261 g/mol. The number of rotatable bonds is 4. The molecule has 0 saturated heterocycles. The van der Waals surface area contributed by atoms with Gasteiger partial charge in [0.25, 0.3) is 0 Å². The van der Waals surface area contributed by atoms with Crippen molar-refractivity contribution in [3.63, 3.8) is 0 Å². The first kappa shape index (κ1) is 13.1. The van der Waals surface area contributed by atoms with Crippen LogP contribution in [-0.4, -0.2) is 6.54 Å². The fourth-order valence-electron chi connectivity index (χ4n) is 2.00. The predicted octanol–water partition coefficient (Wildman–Crippen LogP) is 3.81. The van der Waals surface area contributed by atoms with E-state index >= 15 is 0 Å². The lowest BCUT2D eigenvalue weighted by Gasteiger charge is -2.15. The smallest absolute Gasteiger partial charge is 0.123 e.